The Hall–Kier alpha value is -2.88. The van der Waals surface area contributed by atoms with E-state index < -0.39 is 35.3 Å². The van der Waals surface area contributed by atoms with Gasteiger partial charge in [0.05, 0.1) is 10.8 Å². The summed E-state index contributed by atoms with van der Waals surface area (Å²) in [5.41, 5.74) is -0.292. The number of rotatable bonds is 5. The lowest BCUT2D eigenvalue weighted by atomic mass is 10.2. The van der Waals surface area contributed by atoms with Gasteiger partial charge in [0.2, 0.25) is 5.88 Å². The molecular weight excluding hydrogens is 385 g/mol. The molecule has 27 heavy (non-hydrogen) atoms. The van der Waals surface area contributed by atoms with Crippen LogP contribution >= 0.6 is 11.8 Å². The molecule has 0 radical (unpaired) electrons. The van der Waals surface area contributed by atoms with E-state index in [4.69, 9.17) is 4.74 Å². The zero-order valence-corrected chi connectivity index (χ0v) is 14.2. The first-order valence-electron chi connectivity index (χ1n) is 7.53. The molecule has 0 unspecified atom stereocenters. The van der Waals surface area contributed by atoms with Gasteiger partial charge in [0.15, 0.2) is 0 Å². The largest absolute Gasteiger partial charge is 0.550 e. The van der Waals surface area contributed by atoms with E-state index in [1.807, 2.05) is 0 Å². The summed E-state index contributed by atoms with van der Waals surface area (Å²) in [6.07, 6.45) is -4.22. The van der Waals surface area contributed by atoms with Gasteiger partial charge in [-0.1, -0.05) is 11.8 Å². The second-order valence-electron chi connectivity index (χ2n) is 5.45. The van der Waals surface area contributed by atoms with Crippen molar-refractivity contribution in [1.82, 2.24) is 4.98 Å². The van der Waals surface area contributed by atoms with Crippen molar-refractivity contribution in [3.05, 3.63) is 53.7 Å². The Labute approximate surface area is 155 Å². The van der Waals surface area contributed by atoms with E-state index in [2.05, 4.69) is 9.98 Å². The minimum Gasteiger partial charge on any atom is -0.550 e. The molecular formula is C17H10F3N2O4S-. The lowest BCUT2D eigenvalue weighted by molar-refractivity contribution is -0.305. The van der Waals surface area contributed by atoms with E-state index >= 15 is 0 Å². The molecule has 1 aromatic carbocycles. The summed E-state index contributed by atoms with van der Waals surface area (Å²) in [7, 11) is 0. The van der Waals surface area contributed by atoms with Crippen LogP contribution in [0.3, 0.4) is 0 Å². The Morgan fingerprint density at radius 1 is 1.19 bits per heavy atom. The molecule has 0 saturated carbocycles. The molecule has 1 aliphatic heterocycles. The number of nitrogens with zero attached hydrogens (tertiary/aromatic N) is 2. The van der Waals surface area contributed by atoms with Gasteiger partial charge in [-0.25, -0.2) is 9.98 Å². The normalized spacial score (nSPS) is 16.9. The number of alkyl halides is 3. The van der Waals surface area contributed by atoms with Gasteiger partial charge in [0.25, 0.3) is 5.91 Å². The molecule has 2 heterocycles. The monoisotopic (exact) mass is 395 g/mol. The first-order chi connectivity index (χ1) is 12.7. The fraction of sp³-hybridized carbons (Fsp3) is 0.176. The molecule has 10 heteroatoms. The Balaban J connectivity index is 1.67. The second kappa shape index (κ2) is 7.39. The van der Waals surface area contributed by atoms with E-state index in [9.17, 15) is 27.9 Å². The number of hydrogen-bond acceptors (Lipinski definition) is 6. The Bertz CT molecular complexity index is 896. The van der Waals surface area contributed by atoms with Gasteiger partial charge in [-0.2, -0.15) is 13.2 Å². The standard InChI is InChI=1S/C17H11F3N2O4S/c18-17(19,20)10-3-6-13(21-8-10)26-11-4-1-9(2-5-11)16-22-15(25)12(27-16)7-14(23)24/h1-6,8,12H,7H2,(H,23,24)/p-1/t12-/m1/s1. The lowest BCUT2D eigenvalue weighted by Gasteiger charge is -2.09. The summed E-state index contributed by atoms with van der Waals surface area (Å²) >= 11 is 1.03. The average Bonchev–Trinajstić information content (AvgIpc) is 2.95. The first kappa shape index (κ1) is 18.9. The van der Waals surface area contributed by atoms with Gasteiger partial charge in [0, 0.05) is 30.2 Å². The van der Waals surface area contributed by atoms with Crippen molar-refractivity contribution < 1.29 is 32.6 Å². The summed E-state index contributed by atoms with van der Waals surface area (Å²) in [6, 6.07) is 8.24. The highest BCUT2D eigenvalue weighted by Crippen LogP contribution is 2.31. The highest BCUT2D eigenvalue weighted by molar-refractivity contribution is 8.16. The van der Waals surface area contributed by atoms with Crippen molar-refractivity contribution in [2.24, 2.45) is 4.99 Å². The van der Waals surface area contributed by atoms with Gasteiger partial charge in [-0.15, -0.1) is 0 Å². The number of hydrogen-bond donors (Lipinski definition) is 0. The van der Waals surface area contributed by atoms with Gasteiger partial charge in [-0.05, 0) is 30.3 Å². The zero-order valence-electron chi connectivity index (χ0n) is 13.4. The van der Waals surface area contributed by atoms with Gasteiger partial charge in [-0.3, -0.25) is 4.79 Å². The number of pyridine rings is 1. The minimum absolute atomic E-state index is 0.00691. The minimum atomic E-state index is -4.47. The van der Waals surface area contributed by atoms with Crippen LogP contribution in [-0.2, 0) is 15.8 Å². The van der Waals surface area contributed by atoms with Crippen molar-refractivity contribution in [2.45, 2.75) is 17.8 Å². The van der Waals surface area contributed by atoms with Gasteiger partial charge < -0.3 is 14.6 Å². The highest BCUT2D eigenvalue weighted by atomic mass is 32.2. The van der Waals surface area contributed by atoms with Crippen LogP contribution in [0.4, 0.5) is 13.2 Å². The third-order valence-electron chi connectivity index (χ3n) is 3.48. The molecule has 0 spiro atoms. The maximum Gasteiger partial charge on any atom is 0.417 e. The van der Waals surface area contributed by atoms with Crippen molar-refractivity contribution in [3.63, 3.8) is 0 Å². The predicted octanol–water partition coefficient (Wildman–Crippen LogP) is 2.42. The topological polar surface area (TPSA) is 91.7 Å². The summed E-state index contributed by atoms with van der Waals surface area (Å²) < 4.78 is 42.9. The first-order valence-corrected chi connectivity index (χ1v) is 8.41. The number of aromatic nitrogens is 1. The van der Waals surface area contributed by atoms with Gasteiger partial charge >= 0.3 is 6.18 Å². The summed E-state index contributed by atoms with van der Waals surface area (Å²) in [4.78, 5) is 29.8. The molecule has 1 atom stereocenters. The highest BCUT2D eigenvalue weighted by Gasteiger charge is 2.31. The van der Waals surface area contributed by atoms with E-state index in [1.54, 1.807) is 12.1 Å². The average molecular weight is 395 g/mol. The molecule has 6 nitrogen and oxygen atoms in total. The number of amides is 1. The number of halogens is 3. The second-order valence-corrected chi connectivity index (χ2v) is 6.64. The van der Waals surface area contributed by atoms with Crippen LogP contribution in [-0.4, -0.2) is 27.2 Å². The molecule has 0 aliphatic carbocycles. The third-order valence-corrected chi connectivity index (χ3v) is 4.68. The lowest BCUT2D eigenvalue weighted by Crippen LogP contribution is -2.28. The van der Waals surface area contributed by atoms with Crippen LogP contribution in [0.15, 0.2) is 47.6 Å². The smallest absolute Gasteiger partial charge is 0.417 e. The summed E-state index contributed by atoms with van der Waals surface area (Å²) in [5.74, 6) is -1.54. The maximum absolute atomic E-state index is 12.5. The van der Waals surface area contributed by atoms with Crippen molar-refractivity contribution in [2.75, 3.05) is 0 Å². The number of thioether (sulfide) groups is 1. The molecule has 0 bridgehead atoms. The van der Waals surface area contributed by atoms with Crippen molar-refractivity contribution in [3.8, 4) is 11.6 Å². The fourth-order valence-corrected chi connectivity index (χ4v) is 3.25. The summed E-state index contributed by atoms with van der Waals surface area (Å²) in [5, 5.41) is 10.2. The van der Waals surface area contributed by atoms with Crippen molar-refractivity contribution in [1.29, 1.82) is 0 Å². The molecule has 1 amide bonds. The van der Waals surface area contributed by atoms with E-state index in [1.165, 1.54) is 12.1 Å². The molecule has 3 rings (SSSR count). The van der Waals surface area contributed by atoms with Gasteiger partial charge in [0.1, 0.15) is 10.8 Å². The Morgan fingerprint density at radius 3 is 2.44 bits per heavy atom. The zero-order chi connectivity index (χ0) is 19.6. The number of carboxylic acids is 1. The molecule has 0 saturated heterocycles. The molecule has 0 fully saturated rings. The summed E-state index contributed by atoms with van der Waals surface area (Å²) in [6.45, 7) is 0. The SMILES string of the molecule is O=C([O-])C[C@H]1SC(c2ccc(Oc3ccc(C(F)(F)F)cn3)cc2)=NC1=O. The number of ether oxygens (including phenoxy) is 1. The molecule has 140 valence electrons. The maximum atomic E-state index is 12.5. The number of carboxylic acid groups (broad SMARTS) is 1. The number of carbonyl (C=O) groups is 2. The van der Waals surface area contributed by atoms with Crippen LogP contribution in [0, 0.1) is 0 Å². The molecule has 2 aromatic rings. The molecule has 1 aliphatic rings. The molecule has 1 aromatic heterocycles. The van der Waals surface area contributed by atoms with E-state index in [0.29, 0.717) is 22.6 Å². The number of benzene rings is 1. The predicted molar refractivity (Wildman–Crippen MR) is 88.3 cm³/mol. The van der Waals surface area contributed by atoms with Crippen molar-refractivity contribution >= 4 is 28.7 Å². The third kappa shape index (κ3) is 4.64. The quantitative estimate of drug-likeness (QED) is 0.772. The van der Waals surface area contributed by atoms with Crippen LogP contribution in [0.1, 0.15) is 17.5 Å². The molecule has 0 N–H and O–H groups in total. The number of aliphatic imine (C=N–C) groups is 1. The van der Waals surface area contributed by atoms with E-state index in [-0.39, 0.29) is 5.88 Å². The Morgan fingerprint density at radius 2 is 1.89 bits per heavy atom. The van der Waals surface area contributed by atoms with Crippen LogP contribution < -0.4 is 9.84 Å². The number of carbonyl (C=O) groups excluding carboxylic acids is 2. The van der Waals surface area contributed by atoms with E-state index in [0.717, 1.165) is 23.9 Å². The number of aliphatic carboxylic acids is 1. The van der Waals surface area contributed by atoms with Crippen LogP contribution in [0.2, 0.25) is 0 Å². The van der Waals surface area contributed by atoms with Crippen LogP contribution in [0.5, 0.6) is 11.6 Å². The van der Waals surface area contributed by atoms with Crippen LogP contribution in [0.25, 0.3) is 0 Å². The fourth-order valence-electron chi connectivity index (χ4n) is 2.19. The Kier molecular flexibility index (Phi) is 5.17.